The number of likely N-dealkylation sites (tertiary alicyclic amines) is 1. The average molecular weight is 391 g/mol. The van der Waals surface area contributed by atoms with Gasteiger partial charge in [0.2, 0.25) is 0 Å². The highest BCUT2D eigenvalue weighted by atomic mass is 16.5. The summed E-state index contributed by atoms with van der Waals surface area (Å²) in [5, 5.41) is 7.21. The van der Waals surface area contributed by atoms with Crippen molar-refractivity contribution in [3.63, 3.8) is 0 Å². The molecular weight excluding hydrogens is 366 g/mol. The fourth-order valence-electron chi connectivity index (χ4n) is 3.83. The number of carbonyl (C=O) groups is 1. The molecule has 0 radical (unpaired) electrons. The van der Waals surface area contributed by atoms with E-state index in [0.717, 1.165) is 30.1 Å². The molecule has 7 heteroatoms. The summed E-state index contributed by atoms with van der Waals surface area (Å²) >= 11 is 0. The monoisotopic (exact) mass is 391 g/mol. The van der Waals surface area contributed by atoms with E-state index in [0.29, 0.717) is 12.1 Å². The third kappa shape index (κ3) is 4.30. The zero-order valence-electron chi connectivity index (χ0n) is 16.5. The Balaban J connectivity index is 1.47. The van der Waals surface area contributed by atoms with Crippen molar-refractivity contribution in [2.45, 2.75) is 18.9 Å². The summed E-state index contributed by atoms with van der Waals surface area (Å²) in [5.74, 6) is 0.769. The number of hydrogen-bond acceptors (Lipinski definition) is 5. The molecule has 2 aromatic carbocycles. The number of aromatic nitrogens is 3. The lowest BCUT2D eigenvalue weighted by Crippen LogP contribution is -2.37. The Hall–Kier alpha value is -3.19. The van der Waals surface area contributed by atoms with Gasteiger partial charge in [0.15, 0.2) is 0 Å². The van der Waals surface area contributed by atoms with Crippen molar-refractivity contribution in [2.24, 2.45) is 0 Å². The topological polar surface area (TPSA) is 72.3 Å². The van der Waals surface area contributed by atoms with Gasteiger partial charge in [0, 0.05) is 17.7 Å². The van der Waals surface area contributed by atoms with Gasteiger partial charge >= 0.3 is 0 Å². The molecule has 150 valence electrons. The first kappa shape index (κ1) is 19.1. The van der Waals surface area contributed by atoms with Gasteiger partial charge in [0.05, 0.1) is 18.8 Å². The summed E-state index contributed by atoms with van der Waals surface area (Å²) in [6.45, 7) is 2.60. The van der Waals surface area contributed by atoms with Gasteiger partial charge in [-0.1, -0.05) is 18.2 Å². The number of ether oxygens (including phenoxy) is 1. The Bertz CT molecular complexity index is 934. The first-order valence-electron chi connectivity index (χ1n) is 9.86. The van der Waals surface area contributed by atoms with Crippen molar-refractivity contribution < 1.29 is 9.53 Å². The van der Waals surface area contributed by atoms with Gasteiger partial charge in [-0.05, 0) is 56.3 Å². The Morgan fingerprint density at radius 1 is 1.14 bits per heavy atom. The zero-order valence-corrected chi connectivity index (χ0v) is 16.5. The van der Waals surface area contributed by atoms with Crippen molar-refractivity contribution in [1.82, 2.24) is 25.0 Å². The van der Waals surface area contributed by atoms with Gasteiger partial charge in [-0.3, -0.25) is 9.69 Å². The van der Waals surface area contributed by atoms with Gasteiger partial charge in [0.25, 0.3) is 5.91 Å². The third-order valence-electron chi connectivity index (χ3n) is 5.35. The van der Waals surface area contributed by atoms with Crippen LogP contribution in [-0.2, 0) is 0 Å². The van der Waals surface area contributed by atoms with Crippen molar-refractivity contribution in [3.8, 4) is 11.4 Å². The number of methoxy groups -OCH3 is 1. The number of para-hydroxylation sites is 1. The van der Waals surface area contributed by atoms with Crippen LogP contribution in [-0.4, -0.2) is 52.3 Å². The molecule has 1 atom stereocenters. The predicted molar refractivity (Wildman–Crippen MR) is 110 cm³/mol. The lowest BCUT2D eigenvalue weighted by molar-refractivity contribution is 0.0937. The van der Waals surface area contributed by atoms with E-state index in [1.165, 1.54) is 19.2 Å². The molecule has 7 nitrogen and oxygen atoms in total. The molecule has 1 aliphatic rings. The molecule has 0 aliphatic carbocycles. The van der Waals surface area contributed by atoms with E-state index in [-0.39, 0.29) is 11.9 Å². The van der Waals surface area contributed by atoms with Gasteiger partial charge < -0.3 is 10.1 Å². The minimum Gasteiger partial charge on any atom is -0.496 e. The fourth-order valence-corrected chi connectivity index (χ4v) is 3.83. The Morgan fingerprint density at radius 3 is 2.59 bits per heavy atom. The van der Waals surface area contributed by atoms with Crippen molar-refractivity contribution in [2.75, 3.05) is 26.7 Å². The second-order valence-electron chi connectivity index (χ2n) is 7.10. The highest BCUT2D eigenvalue weighted by Gasteiger charge is 2.26. The summed E-state index contributed by atoms with van der Waals surface area (Å²) in [7, 11) is 1.69. The maximum atomic E-state index is 12.8. The highest BCUT2D eigenvalue weighted by Crippen LogP contribution is 2.31. The van der Waals surface area contributed by atoms with Crippen LogP contribution in [0.2, 0.25) is 0 Å². The molecule has 1 unspecified atom stereocenters. The molecule has 1 aromatic heterocycles. The van der Waals surface area contributed by atoms with E-state index < -0.39 is 0 Å². The molecule has 1 fully saturated rings. The zero-order chi connectivity index (χ0) is 20.1. The number of nitrogens with one attached hydrogen (secondary N) is 1. The van der Waals surface area contributed by atoms with Gasteiger partial charge in [-0.25, -0.2) is 9.67 Å². The molecule has 3 aromatic rings. The summed E-state index contributed by atoms with van der Waals surface area (Å²) in [4.78, 5) is 19.1. The van der Waals surface area contributed by atoms with Gasteiger partial charge in [-0.2, -0.15) is 5.10 Å². The molecule has 4 rings (SSSR count). The largest absolute Gasteiger partial charge is 0.496 e. The van der Waals surface area contributed by atoms with Crippen molar-refractivity contribution in [3.05, 3.63) is 72.3 Å². The number of rotatable bonds is 7. The average Bonchev–Trinajstić information content (AvgIpc) is 3.49. The minimum atomic E-state index is -0.0887. The van der Waals surface area contributed by atoms with E-state index in [4.69, 9.17) is 4.74 Å². The van der Waals surface area contributed by atoms with Crippen LogP contribution >= 0.6 is 0 Å². The molecule has 1 amide bonds. The molecule has 1 saturated heterocycles. The van der Waals surface area contributed by atoms with Crippen molar-refractivity contribution >= 4 is 5.91 Å². The summed E-state index contributed by atoms with van der Waals surface area (Å²) in [6, 6.07) is 15.5. The first-order valence-corrected chi connectivity index (χ1v) is 9.86. The summed E-state index contributed by atoms with van der Waals surface area (Å²) in [5.41, 5.74) is 2.59. The fraction of sp³-hybridized carbons (Fsp3) is 0.318. The first-order chi connectivity index (χ1) is 14.3. The molecule has 0 spiro atoms. The van der Waals surface area contributed by atoms with Crippen LogP contribution in [0.25, 0.3) is 5.69 Å². The summed E-state index contributed by atoms with van der Waals surface area (Å²) < 4.78 is 7.23. The van der Waals surface area contributed by atoms with Crippen LogP contribution in [0.15, 0.2) is 61.2 Å². The quantitative estimate of drug-likeness (QED) is 0.671. The van der Waals surface area contributed by atoms with Crippen LogP contribution < -0.4 is 10.1 Å². The molecule has 0 saturated carbocycles. The Labute approximate surface area is 170 Å². The van der Waals surface area contributed by atoms with E-state index in [1.54, 1.807) is 30.3 Å². The Morgan fingerprint density at radius 2 is 1.90 bits per heavy atom. The van der Waals surface area contributed by atoms with E-state index in [9.17, 15) is 4.79 Å². The molecular formula is C22H25N5O2. The van der Waals surface area contributed by atoms with Crippen molar-refractivity contribution in [1.29, 1.82) is 0 Å². The molecule has 29 heavy (non-hydrogen) atoms. The van der Waals surface area contributed by atoms with Crippen LogP contribution in [0.1, 0.15) is 34.8 Å². The van der Waals surface area contributed by atoms with Crippen LogP contribution in [0.5, 0.6) is 5.75 Å². The second-order valence-corrected chi connectivity index (χ2v) is 7.10. The highest BCUT2D eigenvalue weighted by molar-refractivity contribution is 5.94. The number of nitrogens with zero attached hydrogens (tertiary/aromatic N) is 4. The number of carbonyl (C=O) groups excluding carboxylic acids is 1. The van der Waals surface area contributed by atoms with Crippen LogP contribution in [0.3, 0.4) is 0 Å². The lowest BCUT2D eigenvalue weighted by Gasteiger charge is -2.29. The Kier molecular flexibility index (Phi) is 5.86. The molecule has 1 aliphatic heterocycles. The third-order valence-corrected chi connectivity index (χ3v) is 5.35. The van der Waals surface area contributed by atoms with Gasteiger partial charge in [0.1, 0.15) is 18.4 Å². The number of amides is 1. The van der Waals surface area contributed by atoms with E-state index >= 15 is 0 Å². The molecule has 0 bridgehead atoms. The predicted octanol–water partition coefficient (Wildman–Crippen LogP) is 2.84. The maximum absolute atomic E-state index is 12.8. The maximum Gasteiger partial charge on any atom is 0.251 e. The lowest BCUT2D eigenvalue weighted by atomic mass is 10.0. The minimum absolute atomic E-state index is 0.0887. The van der Waals surface area contributed by atoms with Gasteiger partial charge in [-0.15, -0.1) is 0 Å². The van der Waals surface area contributed by atoms with E-state index in [2.05, 4.69) is 26.4 Å². The molecule has 1 N–H and O–H groups in total. The SMILES string of the molecule is COc1ccccc1C(CNC(=O)c1ccc(-n2cncn2)cc1)N1CCCC1. The smallest absolute Gasteiger partial charge is 0.251 e. The standard InChI is InChI=1S/C22H25N5O2/c1-29-21-7-3-2-6-19(21)20(26-12-4-5-13-26)14-24-22(28)17-8-10-18(11-9-17)27-16-23-15-25-27/h2-3,6-11,15-16,20H,4-5,12-14H2,1H3,(H,24,28). The number of benzene rings is 2. The summed E-state index contributed by atoms with van der Waals surface area (Å²) in [6.07, 6.45) is 5.48. The number of hydrogen-bond donors (Lipinski definition) is 1. The van der Waals surface area contributed by atoms with E-state index in [1.807, 2.05) is 30.3 Å². The van der Waals surface area contributed by atoms with Crippen LogP contribution in [0.4, 0.5) is 0 Å². The molecule has 2 heterocycles. The second kappa shape index (κ2) is 8.87. The normalized spacial score (nSPS) is 15.2. The van der Waals surface area contributed by atoms with Crippen LogP contribution in [0, 0.1) is 0 Å².